The van der Waals surface area contributed by atoms with E-state index in [2.05, 4.69) is 10.3 Å². The van der Waals surface area contributed by atoms with Crippen LogP contribution in [0, 0.1) is 0 Å². The molecule has 0 atom stereocenters. The number of nitrogens with zero attached hydrogens (tertiary/aromatic N) is 1. The summed E-state index contributed by atoms with van der Waals surface area (Å²) in [6.45, 7) is 0. The Morgan fingerprint density at radius 1 is 0.913 bits per heavy atom. The van der Waals surface area contributed by atoms with Gasteiger partial charge in [-0.05, 0) is 30.3 Å². The summed E-state index contributed by atoms with van der Waals surface area (Å²) in [5.41, 5.74) is 3.31. The van der Waals surface area contributed by atoms with Crippen LogP contribution in [0.5, 0.6) is 0 Å². The van der Waals surface area contributed by atoms with Crippen molar-refractivity contribution >= 4 is 28.4 Å². The second-order valence-electron chi connectivity index (χ2n) is 4.86. The number of amides is 2. The van der Waals surface area contributed by atoms with Crippen LogP contribution in [0.25, 0.3) is 10.9 Å². The van der Waals surface area contributed by atoms with Crippen molar-refractivity contribution in [3.8, 4) is 0 Å². The van der Waals surface area contributed by atoms with Crippen LogP contribution >= 0.6 is 0 Å². The van der Waals surface area contributed by atoms with Gasteiger partial charge in [0.2, 0.25) is 0 Å². The Balaban J connectivity index is 1.91. The van der Waals surface area contributed by atoms with Gasteiger partial charge in [-0.25, -0.2) is 5.48 Å². The van der Waals surface area contributed by atoms with Gasteiger partial charge in [0.1, 0.15) is 0 Å². The van der Waals surface area contributed by atoms with Crippen LogP contribution in [0.4, 0.5) is 5.69 Å². The summed E-state index contributed by atoms with van der Waals surface area (Å²) in [6, 6.07) is 15.3. The lowest BCUT2D eigenvalue weighted by Crippen LogP contribution is -2.19. The largest absolute Gasteiger partial charge is 0.320 e. The highest BCUT2D eigenvalue weighted by Gasteiger charge is 2.11. The number of rotatable bonds is 3. The van der Waals surface area contributed by atoms with Gasteiger partial charge in [-0.2, -0.15) is 0 Å². The van der Waals surface area contributed by atoms with Gasteiger partial charge in [0.05, 0.1) is 11.2 Å². The van der Waals surface area contributed by atoms with Crippen LogP contribution in [-0.4, -0.2) is 22.0 Å². The Hall–Kier alpha value is -3.25. The van der Waals surface area contributed by atoms with E-state index < -0.39 is 5.91 Å². The SMILES string of the molecule is O=C(NO)c1cccc(C(=O)Nc2cccc3cccnc23)c1. The summed E-state index contributed by atoms with van der Waals surface area (Å²) in [4.78, 5) is 28.1. The monoisotopic (exact) mass is 307 g/mol. The lowest BCUT2D eigenvalue weighted by atomic mass is 10.1. The van der Waals surface area contributed by atoms with Crippen LogP contribution in [-0.2, 0) is 0 Å². The third kappa shape index (κ3) is 3.02. The van der Waals surface area contributed by atoms with E-state index in [9.17, 15) is 9.59 Å². The predicted octanol–water partition coefficient (Wildman–Crippen LogP) is 2.61. The number of hydrogen-bond acceptors (Lipinski definition) is 4. The maximum absolute atomic E-state index is 12.4. The molecule has 6 heteroatoms. The number of carbonyl (C=O) groups is 2. The molecule has 0 spiro atoms. The molecule has 2 aromatic carbocycles. The maximum atomic E-state index is 12.4. The van der Waals surface area contributed by atoms with Crippen molar-refractivity contribution in [1.82, 2.24) is 10.5 Å². The molecule has 2 amide bonds. The molecule has 23 heavy (non-hydrogen) atoms. The van der Waals surface area contributed by atoms with Gasteiger partial charge in [-0.15, -0.1) is 0 Å². The number of benzene rings is 2. The average Bonchev–Trinajstić information content (AvgIpc) is 2.61. The molecule has 0 aliphatic heterocycles. The summed E-state index contributed by atoms with van der Waals surface area (Å²) in [5, 5.41) is 12.4. The van der Waals surface area contributed by atoms with Crippen LogP contribution in [0.15, 0.2) is 60.8 Å². The van der Waals surface area contributed by atoms with Gasteiger partial charge in [-0.1, -0.05) is 24.3 Å². The van der Waals surface area contributed by atoms with Crippen molar-refractivity contribution in [1.29, 1.82) is 0 Å². The molecule has 3 aromatic rings. The highest BCUT2D eigenvalue weighted by Crippen LogP contribution is 2.21. The lowest BCUT2D eigenvalue weighted by molar-refractivity contribution is 0.0706. The summed E-state index contributed by atoms with van der Waals surface area (Å²) in [7, 11) is 0. The maximum Gasteiger partial charge on any atom is 0.274 e. The van der Waals surface area contributed by atoms with Crippen molar-refractivity contribution in [2.75, 3.05) is 5.32 Å². The molecule has 1 aromatic heterocycles. The molecule has 6 nitrogen and oxygen atoms in total. The van der Waals surface area contributed by atoms with Crippen molar-refractivity contribution in [3.05, 3.63) is 71.9 Å². The molecule has 3 rings (SSSR count). The minimum Gasteiger partial charge on any atom is -0.320 e. The minimum absolute atomic E-state index is 0.191. The molecule has 114 valence electrons. The van der Waals surface area contributed by atoms with Crippen LogP contribution in [0.1, 0.15) is 20.7 Å². The van der Waals surface area contributed by atoms with E-state index in [0.29, 0.717) is 16.8 Å². The summed E-state index contributed by atoms with van der Waals surface area (Å²) in [5.74, 6) is -1.04. The third-order valence-electron chi connectivity index (χ3n) is 3.37. The Labute approximate surface area is 131 Å². The van der Waals surface area contributed by atoms with Gasteiger partial charge in [-0.3, -0.25) is 19.8 Å². The predicted molar refractivity (Wildman–Crippen MR) is 85.4 cm³/mol. The smallest absolute Gasteiger partial charge is 0.274 e. The Kier molecular flexibility index (Phi) is 3.99. The van der Waals surface area contributed by atoms with Gasteiger partial charge >= 0.3 is 0 Å². The molecule has 1 heterocycles. The van der Waals surface area contributed by atoms with Crippen LogP contribution in [0.2, 0.25) is 0 Å². The number of carbonyl (C=O) groups excluding carboxylic acids is 2. The summed E-state index contributed by atoms with van der Waals surface area (Å²) in [6.07, 6.45) is 1.66. The molecule has 0 radical (unpaired) electrons. The van der Waals surface area contributed by atoms with Gasteiger partial charge in [0.15, 0.2) is 0 Å². The Bertz CT molecular complexity index is 888. The molecule has 0 aliphatic carbocycles. The lowest BCUT2D eigenvalue weighted by Gasteiger charge is -2.08. The number of hydrogen-bond donors (Lipinski definition) is 3. The fraction of sp³-hybridized carbons (Fsp3) is 0. The molecular formula is C17H13N3O3. The average molecular weight is 307 g/mol. The summed E-state index contributed by atoms with van der Waals surface area (Å²) < 4.78 is 0. The standard InChI is InChI=1S/C17H13N3O3/c21-16(12-5-1-6-13(10-12)17(22)20-23)19-14-8-2-4-11-7-3-9-18-15(11)14/h1-10,23H,(H,19,21)(H,20,22). The van der Waals surface area contributed by atoms with Crippen molar-refractivity contribution in [3.63, 3.8) is 0 Å². The first-order chi connectivity index (χ1) is 11.2. The van der Waals surface area contributed by atoms with Gasteiger partial charge in [0.25, 0.3) is 11.8 Å². The highest BCUT2D eigenvalue weighted by molar-refractivity contribution is 6.09. The molecular weight excluding hydrogens is 294 g/mol. The molecule has 0 aliphatic rings. The molecule has 0 saturated carbocycles. The first-order valence-corrected chi connectivity index (χ1v) is 6.88. The molecule has 0 unspecified atom stereocenters. The van der Waals surface area contributed by atoms with Crippen molar-refractivity contribution < 1.29 is 14.8 Å². The highest BCUT2D eigenvalue weighted by atomic mass is 16.5. The number of pyridine rings is 1. The second kappa shape index (κ2) is 6.25. The molecule has 0 bridgehead atoms. The minimum atomic E-state index is -0.675. The quantitative estimate of drug-likeness (QED) is 0.512. The van der Waals surface area contributed by atoms with Gasteiger partial charge in [0, 0.05) is 22.7 Å². The van der Waals surface area contributed by atoms with Crippen molar-refractivity contribution in [2.45, 2.75) is 0 Å². The van der Waals surface area contributed by atoms with Crippen molar-refractivity contribution in [2.24, 2.45) is 0 Å². The third-order valence-corrected chi connectivity index (χ3v) is 3.37. The number of aromatic nitrogens is 1. The fourth-order valence-corrected chi connectivity index (χ4v) is 2.27. The Morgan fingerprint density at radius 2 is 1.61 bits per heavy atom. The molecule has 3 N–H and O–H groups in total. The number of anilines is 1. The zero-order valence-corrected chi connectivity index (χ0v) is 12.0. The normalized spacial score (nSPS) is 10.3. The number of nitrogens with one attached hydrogen (secondary N) is 2. The van der Waals surface area contributed by atoms with E-state index in [4.69, 9.17) is 5.21 Å². The van der Waals surface area contributed by atoms with E-state index in [0.717, 1.165) is 5.39 Å². The Morgan fingerprint density at radius 3 is 2.39 bits per heavy atom. The zero-order chi connectivity index (χ0) is 16.2. The number of para-hydroxylation sites is 1. The molecule has 0 saturated heterocycles. The summed E-state index contributed by atoms with van der Waals surface area (Å²) >= 11 is 0. The first-order valence-electron chi connectivity index (χ1n) is 6.88. The van der Waals surface area contributed by atoms with E-state index in [1.807, 2.05) is 24.3 Å². The van der Waals surface area contributed by atoms with E-state index in [1.54, 1.807) is 29.9 Å². The first kappa shape index (κ1) is 14.7. The van der Waals surface area contributed by atoms with Crippen LogP contribution in [0.3, 0.4) is 0 Å². The van der Waals surface area contributed by atoms with Crippen LogP contribution < -0.4 is 10.8 Å². The number of hydroxylamine groups is 1. The second-order valence-corrected chi connectivity index (χ2v) is 4.86. The van der Waals surface area contributed by atoms with E-state index in [1.165, 1.54) is 12.1 Å². The molecule has 0 fully saturated rings. The van der Waals surface area contributed by atoms with E-state index >= 15 is 0 Å². The zero-order valence-electron chi connectivity index (χ0n) is 12.0. The van der Waals surface area contributed by atoms with Gasteiger partial charge < -0.3 is 5.32 Å². The number of fused-ring (bicyclic) bond motifs is 1. The topological polar surface area (TPSA) is 91.3 Å². The fourth-order valence-electron chi connectivity index (χ4n) is 2.27. The van der Waals surface area contributed by atoms with E-state index in [-0.39, 0.29) is 11.5 Å².